The van der Waals surface area contributed by atoms with Crippen LogP contribution >= 0.6 is 0 Å². The predicted octanol–water partition coefficient (Wildman–Crippen LogP) is 3.81. The standard InChI is InChI=1S/C19H32N2O/c1-14(2)15-7-8-17(22-6)16(13-15)18(19(3,4)5)21-11-9-20-10-12-21/h7-8,13-14,18,20H,9-12H2,1-6H3/t18-/m1/s1. The normalized spacial score (nSPS) is 18.5. The molecule has 1 heterocycles. The van der Waals surface area contributed by atoms with E-state index in [0.717, 1.165) is 31.9 Å². The summed E-state index contributed by atoms with van der Waals surface area (Å²) >= 11 is 0. The van der Waals surface area contributed by atoms with Crippen LogP contribution in [0.1, 0.15) is 57.7 Å². The highest BCUT2D eigenvalue weighted by atomic mass is 16.5. The van der Waals surface area contributed by atoms with Gasteiger partial charge < -0.3 is 10.1 Å². The molecule has 0 spiro atoms. The second kappa shape index (κ2) is 7.01. The van der Waals surface area contributed by atoms with Gasteiger partial charge in [-0.15, -0.1) is 0 Å². The highest BCUT2D eigenvalue weighted by Crippen LogP contribution is 2.42. The lowest BCUT2D eigenvalue weighted by Crippen LogP contribution is -2.48. The van der Waals surface area contributed by atoms with Crippen LogP contribution < -0.4 is 10.1 Å². The van der Waals surface area contributed by atoms with Crippen LogP contribution in [0.25, 0.3) is 0 Å². The van der Waals surface area contributed by atoms with Gasteiger partial charge in [0.25, 0.3) is 0 Å². The zero-order valence-electron chi connectivity index (χ0n) is 15.1. The Kier molecular flexibility index (Phi) is 5.51. The maximum Gasteiger partial charge on any atom is 0.123 e. The second-order valence-electron chi connectivity index (χ2n) is 7.71. The minimum Gasteiger partial charge on any atom is -0.496 e. The van der Waals surface area contributed by atoms with Crippen molar-refractivity contribution in [3.8, 4) is 5.75 Å². The Balaban J connectivity index is 2.47. The van der Waals surface area contributed by atoms with Gasteiger partial charge in [0.15, 0.2) is 0 Å². The molecule has 0 aliphatic carbocycles. The van der Waals surface area contributed by atoms with Gasteiger partial charge in [-0.3, -0.25) is 4.90 Å². The summed E-state index contributed by atoms with van der Waals surface area (Å²) in [6.07, 6.45) is 0. The van der Waals surface area contributed by atoms with Gasteiger partial charge >= 0.3 is 0 Å². The molecule has 1 N–H and O–H groups in total. The summed E-state index contributed by atoms with van der Waals surface area (Å²) < 4.78 is 5.70. The molecule has 1 saturated heterocycles. The van der Waals surface area contributed by atoms with Crippen molar-refractivity contribution in [1.29, 1.82) is 0 Å². The van der Waals surface area contributed by atoms with Crippen molar-refractivity contribution in [3.05, 3.63) is 29.3 Å². The third-order valence-corrected chi connectivity index (χ3v) is 4.55. The number of methoxy groups -OCH3 is 1. The number of hydrogen-bond acceptors (Lipinski definition) is 3. The Morgan fingerprint density at radius 1 is 1.14 bits per heavy atom. The zero-order valence-corrected chi connectivity index (χ0v) is 15.1. The summed E-state index contributed by atoms with van der Waals surface area (Å²) in [6, 6.07) is 7.08. The molecule has 1 atom stereocenters. The Morgan fingerprint density at radius 3 is 2.27 bits per heavy atom. The van der Waals surface area contributed by atoms with Gasteiger partial charge in [-0.25, -0.2) is 0 Å². The Labute approximate surface area is 136 Å². The fourth-order valence-corrected chi connectivity index (χ4v) is 3.48. The Morgan fingerprint density at radius 2 is 1.77 bits per heavy atom. The van der Waals surface area contributed by atoms with Crippen LogP contribution in [-0.4, -0.2) is 38.2 Å². The van der Waals surface area contributed by atoms with Gasteiger partial charge in [-0.2, -0.15) is 0 Å². The van der Waals surface area contributed by atoms with Crippen LogP contribution in [0.4, 0.5) is 0 Å². The largest absolute Gasteiger partial charge is 0.496 e. The average molecular weight is 304 g/mol. The fourth-order valence-electron chi connectivity index (χ4n) is 3.48. The summed E-state index contributed by atoms with van der Waals surface area (Å²) in [7, 11) is 1.78. The number of nitrogens with zero attached hydrogens (tertiary/aromatic N) is 1. The first-order valence-electron chi connectivity index (χ1n) is 8.47. The van der Waals surface area contributed by atoms with Crippen molar-refractivity contribution in [2.24, 2.45) is 5.41 Å². The SMILES string of the molecule is COc1ccc(C(C)C)cc1[C@@H](N1CCNCC1)C(C)(C)C. The molecule has 2 rings (SSSR count). The van der Waals surface area contributed by atoms with Gasteiger partial charge in [-0.05, 0) is 23.0 Å². The van der Waals surface area contributed by atoms with Crippen LogP contribution in [0.15, 0.2) is 18.2 Å². The second-order valence-corrected chi connectivity index (χ2v) is 7.71. The molecule has 0 saturated carbocycles. The molecule has 1 aromatic carbocycles. The van der Waals surface area contributed by atoms with Crippen LogP contribution in [0.3, 0.4) is 0 Å². The molecule has 0 amide bonds. The third kappa shape index (κ3) is 3.82. The van der Waals surface area contributed by atoms with Crippen molar-refractivity contribution in [3.63, 3.8) is 0 Å². The number of rotatable bonds is 4. The van der Waals surface area contributed by atoms with Crippen molar-refractivity contribution >= 4 is 0 Å². The summed E-state index contributed by atoms with van der Waals surface area (Å²) in [5.41, 5.74) is 2.89. The van der Waals surface area contributed by atoms with Gasteiger partial charge in [0, 0.05) is 37.8 Å². The molecular weight excluding hydrogens is 272 g/mol. The fraction of sp³-hybridized carbons (Fsp3) is 0.684. The summed E-state index contributed by atoms with van der Waals surface area (Å²) in [5, 5.41) is 3.46. The highest BCUT2D eigenvalue weighted by molar-refractivity contribution is 5.41. The molecule has 0 unspecified atom stereocenters. The van der Waals surface area contributed by atoms with Crippen LogP contribution in [0.2, 0.25) is 0 Å². The summed E-state index contributed by atoms with van der Waals surface area (Å²) in [5.74, 6) is 1.55. The quantitative estimate of drug-likeness (QED) is 0.915. The van der Waals surface area contributed by atoms with Gasteiger partial charge in [0.1, 0.15) is 5.75 Å². The molecule has 0 radical (unpaired) electrons. The van der Waals surface area contributed by atoms with Crippen LogP contribution in [0, 0.1) is 5.41 Å². The lowest BCUT2D eigenvalue weighted by Gasteiger charge is -2.43. The Hall–Kier alpha value is -1.06. The van der Waals surface area contributed by atoms with Crippen molar-refractivity contribution in [1.82, 2.24) is 10.2 Å². The first-order valence-corrected chi connectivity index (χ1v) is 8.47. The third-order valence-electron chi connectivity index (χ3n) is 4.55. The number of benzene rings is 1. The van der Waals surface area contributed by atoms with E-state index in [9.17, 15) is 0 Å². The number of hydrogen-bond donors (Lipinski definition) is 1. The smallest absolute Gasteiger partial charge is 0.123 e. The van der Waals surface area contributed by atoms with Crippen molar-refractivity contribution in [2.45, 2.75) is 46.6 Å². The maximum atomic E-state index is 5.70. The van der Waals surface area contributed by atoms with E-state index in [4.69, 9.17) is 4.74 Å². The molecule has 0 bridgehead atoms. The maximum absolute atomic E-state index is 5.70. The van der Waals surface area contributed by atoms with E-state index >= 15 is 0 Å². The summed E-state index contributed by atoms with van der Waals surface area (Å²) in [6.45, 7) is 15.8. The molecule has 124 valence electrons. The van der Waals surface area contributed by atoms with Crippen molar-refractivity contribution < 1.29 is 4.74 Å². The minimum absolute atomic E-state index is 0.167. The monoisotopic (exact) mass is 304 g/mol. The molecule has 1 fully saturated rings. The van der Waals surface area contributed by atoms with E-state index in [1.807, 2.05) is 0 Å². The lowest BCUT2D eigenvalue weighted by atomic mass is 9.79. The molecule has 1 aliphatic rings. The molecule has 1 aliphatic heterocycles. The van der Waals surface area contributed by atoms with E-state index in [1.54, 1.807) is 7.11 Å². The molecule has 3 nitrogen and oxygen atoms in total. The number of nitrogens with one attached hydrogen (secondary N) is 1. The van der Waals surface area contributed by atoms with E-state index in [1.165, 1.54) is 11.1 Å². The van der Waals surface area contributed by atoms with E-state index in [0.29, 0.717) is 12.0 Å². The molecular formula is C19H32N2O. The van der Waals surface area contributed by atoms with Crippen molar-refractivity contribution in [2.75, 3.05) is 33.3 Å². The first kappa shape index (κ1) is 17.3. The van der Waals surface area contributed by atoms with Gasteiger partial charge in [0.2, 0.25) is 0 Å². The minimum atomic E-state index is 0.167. The van der Waals surface area contributed by atoms with Crippen LogP contribution in [-0.2, 0) is 0 Å². The van der Waals surface area contributed by atoms with Gasteiger partial charge in [-0.1, -0.05) is 46.8 Å². The topological polar surface area (TPSA) is 24.5 Å². The highest BCUT2D eigenvalue weighted by Gasteiger charge is 2.34. The molecule has 22 heavy (non-hydrogen) atoms. The predicted molar refractivity (Wildman–Crippen MR) is 93.7 cm³/mol. The zero-order chi connectivity index (χ0) is 16.3. The number of piperazine rings is 1. The average Bonchev–Trinajstić information content (AvgIpc) is 2.47. The van der Waals surface area contributed by atoms with Gasteiger partial charge in [0.05, 0.1) is 7.11 Å². The van der Waals surface area contributed by atoms with E-state index in [-0.39, 0.29) is 5.41 Å². The van der Waals surface area contributed by atoms with Crippen LogP contribution in [0.5, 0.6) is 5.75 Å². The van der Waals surface area contributed by atoms with E-state index in [2.05, 4.69) is 63.0 Å². The first-order chi connectivity index (χ1) is 10.3. The summed E-state index contributed by atoms with van der Waals surface area (Å²) in [4.78, 5) is 2.61. The van der Waals surface area contributed by atoms with E-state index < -0.39 is 0 Å². The lowest BCUT2D eigenvalue weighted by molar-refractivity contribution is 0.0841. The Bertz CT molecular complexity index is 485. The molecule has 0 aromatic heterocycles. The number of ether oxygens (including phenoxy) is 1. The molecule has 3 heteroatoms. The molecule has 1 aromatic rings.